The standard InChI is InChI=1S/C8H10N2/c1-5-6(2)8-7(5)9-3-4-10-8/h3-6H,1-2H3. The van der Waals surface area contributed by atoms with E-state index in [-0.39, 0.29) is 0 Å². The van der Waals surface area contributed by atoms with Crippen molar-refractivity contribution in [3.63, 3.8) is 0 Å². The van der Waals surface area contributed by atoms with Crippen LogP contribution < -0.4 is 0 Å². The Balaban J connectivity index is 2.50. The van der Waals surface area contributed by atoms with E-state index >= 15 is 0 Å². The molecule has 0 radical (unpaired) electrons. The molecule has 1 aromatic rings. The smallest absolute Gasteiger partial charge is 0.0656 e. The highest BCUT2D eigenvalue weighted by Crippen LogP contribution is 2.42. The molecule has 0 aromatic carbocycles. The van der Waals surface area contributed by atoms with E-state index in [4.69, 9.17) is 0 Å². The Morgan fingerprint density at radius 1 is 1.00 bits per heavy atom. The first kappa shape index (κ1) is 5.83. The number of rotatable bonds is 0. The summed E-state index contributed by atoms with van der Waals surface area (Å²) >= 11 is 0. The molecule has 0 spiro atoms. The highest BCUT2D eigenvalue weighted by atomic mass is 14.8. The summed E-state index contributed by atoms with van der Waals surface area (Å²) in [5.74, 6) is 1.23. The van der Waals surface area contributed by atoms with E-state index in [1.165, 1.54) is 11.4 Å². The highest BCUT2D eigenvalue weighted by Gasteiger charge is 2.32. The summed E-state index contributed by atoms with van der Waals surface area (Å²) < 4.78 is 0. The molecule has 2 nitrogen and oxygen atoms in total. The van der Waals surface area contributed by atoms with Crippen molar-refractivity contribution in [1.82, 2.24) is 9.97 Å². The molecule has 1 aliphatic carbocycles. The molecule has 2 unspecified atom stereocenters. The lowest BCUT2D eigenvalue weighted by Gasteiger charge is -2.31. The van der Waals surface area contributed by atoms with Gasteiger partial charge in [0, 0.05) is 24.2 Å². The zero-order valence-electron chi connectivity index (χ0n) is 6.20. The van der Waals surface area contributed by atoms with Gasteiger partial charge >= 0.3 is 0 Å². The van der Waals surface area contributed by atoms with Gasteiger partial charge in [-0.25, -0.2) is 0 Å². The van der Waals surface area contributed by atoms with Gasteiger partial charge in [0.15, 0.2) is 0 Å². The minimum absolute atomic E-state index is 0.615. The first-order chi connectivity index (χ1) is 4.80. The van der Waals surface area contributed by atoms with Crippen LogP contribution in [-0.2, 0) is 0 Å². The first-order valence-electron chi connectivity index (χ1n) is 3.61. The lowest BCUT2D eigenvalue weighted by atomic mass is 9.77. The van der Waals surface area contributed by atoms with Crippen LogP contribution in [0, 0.1) is 0 Å². The molecular weight excluding hydrogens is 124 g/mol. The molecule has 52 valence electrons. The van der Waals surface area contributed by atoms with Gasteiger partial charge in [-0.15, -0.1) is 0 Å². The van der Waals surface area contributed by atoms with Crippen LogP contribution in [0.1, 0.15) is 37.1 Å². The van der Waals surface area contributed by atoms with Crippen molar-refractivity contribution in [2.45, 2.75) is 25.7 Å². The first-order valence-corrected chi connectivity index (χ1v) is 3.61. The monoisotopic (exact) mass is 134 g/mol. The summed E-state index contributed by atoms with van der Waals surface area (Å²) in [6.07, 6.45) is 3.53. The number of aromatic nitrogens is 2. The van der Waals surface area contributed by atoms with Crippen molar-refractivity contribution in [2.75, 3.05) is 0 Å². The Labute approximate surface area is 60.3 Å². The van der Waals surface area contributed by atoms with Crippen LogP contribution in [0.25, 0.3) is 0 Å². The molecule has 1 heterocycles. The van der Waals surface area contributed by atoms with Crippen LogP contribution in [0.2, 0.25) is 0 Å². The lowest BCUT2D eigenvalue weighted by molar-refractivity contribution is 0.500. The van der Waals surface area contributed by atoms with Gasteiger partial charge in [0.05, 0.1) is 11.4 Å². The van der Waals surface area contributed by atoms with E-state index in [1.807, 2.05) is 0 Å². The Bertz CT molecular complexity index is 230. The Hall–Kier alpha value is -0.920. The molecule has 1 aliphatic rings. The Kier molecular flexibility index (Phi) is 1.04. The molecule has 10 heavy (non-hydrogen) atoms. The van der Waals surface area contributed by atoms with Crippen LogP contribution in [-0.4, -0.2) is 9.97 Å². The molecule has 2 atom stereocenters. The highest BCUT2D eigenvalue weighted by molar-refractivity contribution is 5.32. The second-order valence-corrected chi connectivity index (χ2v) is 2.90. The average molecular weight is 134 g/mol. The number of hydrogen-bond acceptors (Lipinski definition) is 2. The second kappa shape index (κ2) is 1.78. The van der Waals surface area contributed by atoms with Gasteiger partial charge in [0.2, 0.25) is 0 Å². The molecule has 0 saturated heterocycles. The predicted octanol–water partition coefficient (Wildman–Crippen LogP) is 1.70. The molecule has 0 N–H and O–H groups in total. The van der Waals surface area contributed by atoms with Gasteiger partial charge in [0.1, 0.15) is 0 Å². The molecule has 0 bridgehead atoms. The summed E-state index contributed by atoms with van der Waals surface area (Å²) in [4.78, 5) is 8.47. The fourth-order valence-electron chi connectivity index (χ4n) is 1.44. The van der Waals surface area contributed by atoms with Crippen molar-refractivity contribution in [1.29, 1.82) is 0 Å². The summed E-state index contributed by atoms with van der Waals surface area (Å²) in [7, 11) is 0. The minimum Gasteiger partial charge on any atom is -0.257 e. The quantitative estimate of drug-likeness (QED) is 0.539. The van der Waals surface area contributed by atoms with Crippen LogP contribution in [0.5, 0.6) is 0 Å². The van der Waals surface area contributed by atoms with Crippen molar-refractivity contribution in [3.8, 4) is 0 Å². The van der Waals surface area contributed by atoms with Gasteiger partial charge in [-0.3, -0.25) is 9.97 Å². The maximum atomic E-state index is 4.23. The summed E-state index contributed by atoms with van der Waals surface area (Å²) in [5, 5.41) is 0. The zero-order chi connectivity index (χ0) is 7.14. The van der Waals surface area contributed by atoms with Crippen LogP contribution in [0.3, 0.4) is 0 Å². The maximum Gasteiger partial charge on any atom is 0.0656 e. The van der Waals surface area contributed by atoms with Crippen molar-refractivity contribution in [3.05, 3.63) is 23.8 Å². The van der Waals surface area contributed by atoms with Crippen molar-refractivity contribution in [2.24, 2.45) is 0 Å². The van der Waals surface area contributed by atoms with Gasteiger partial charge in [-0.05, 0) is 0 Å². The third-order valence-electron chi connectivity index (χ3n) is 2.37. The third kappa shape index (κ3) is 0.537. The zero-order valence-corrected chi connectivity index (χ0v) is 6.20. The van der Waals surface area contributed by atoms with E-state index in [1.54, 1.807) is 12.4 Å². The second-order valence-electron chi connectivity index (χ2n) is 2.90. The number of nitrogens with zero attached hydrogens (tertiary/aromatic N) is 2. The Morgan fingerprint density at radius 2 is 1.40 bits per heavy atom. The fourth-order valence-corrected chi connectivity index (χ4v) is 1.44. The van der Waals surface area contributed by atoms with Crippen LogP contribution >= 0.6 is 0 Å². The van der Waals surface area contributed by atoms with E-state index < -0.39 is 0 Å². The normalized spacial score (nSPS) is 29.0. The van der Waals surface area contributed by atoms with Crippen LogP contribution in [0.4, 0.5) is 0 Å². The van der Waals surface area contributed by atoms with Crippen LogP contribution in [0.15, 0.2) is 12.4 Å². The SMILES string of the molecule is CC1c2nccnc2C1C. The van der Waals surface area contributed by atoms with E-state index in [0.29, 0.717) is 11.8 Å². The summed E-state index contributed by atoms with van der Waals surface area (Å²) in [6.45, 7) is 4.39. The van der Waals surface area contributed by atoms with Gasteiger partial charge in [-0.2, -0.15) is 0 Å². The largest absolute Gasteiger partial charge is 0.257 e. The van der Waals surface area contributed by atoms with E-state index in [0.717, 1.165) is 0 Å². The minimum atomic E-state index is 0.615. The molecule has 0 fully saturated rings. The lowest BCUT2D eigenvalue weighted by Crippen LogP contribution is -2.22. The maximum absolute atomic E-state index is 4.23. The predicted molar refractivity (Wildman–Crippen MR) is 38.9 cm³/mol. The molecular formula is C8H10N2. The molecule has 1 aromatic heterocycles. The van der Waals surface area contributed by atoms with Crippen molar-refractivity contribution < 1.29 is 0 Å². The molecule has 0 aliphatic heterocycles. The number of hydrogen-bond donors (Lipinski definition) is 0. The van der Waals surface area contributed by atoms with Gasteiger partial charge < -0.3 is 0 Å². The molecule has 2 heteroatoms. The molecule has 0 amide bonds. The van der Waals surface area contributed by atoms with E-state index in [2.05, 4.69) is 23.8 Å². The van der Waals surface area contributed by atoms with Gasteiger partial charge in [0.25, 0.3) is 0 Å². The average Bonchev–Trinajstić information content (AvgIpc) is 2.03. The Morgan fingerprint density at radius 3 is 1.80 bits per heavy atom. The molecule has 0 saturated carbocycles. The molecule has 2 rings (SSSR count). The third-order valence-corrected chi connectivity index (χ3v) is 2.37. The summed E-state index contributed by atoms with van der Waals surface area (Å²) in [6, 6.07) is 0. The van der Waals surface area contributed by atoms with Crippen molar-refractivity contribution >= 4 is 0 Å². The fraction of sp³-hybridized carbons (Fsp3) is 0.500. The van der Waals surface area contributed by atoms with Gasteiger partial charge in [-0.1, -0.05) is 13.8 Å². The van der Waals surface area contributed by atoms with E-state index in [9.17, 15) is 0 Å². The summed E-state index contributed by atoms with van der Waals surface area (Å²) in [5.41, 5.74) is 2.38. The topological polar surface area (TPSA) is 25.8 Å². The number of fused-ring (bicyclic) bond motifs is 1.